The molecule has 1 nitrogen and oxygen atoms in total. The number of rotatable bonds is 12. The van der Waals surface area contributed by atoms with E-state index in [2.05, 4.69) is 63.2 Å². The second-order valence-corrected chi connectivity index (χ2v) is 8.88. The van der Waals surface area contributed by atoms with Crippen molar-refractivity contribution in [2.45, 2.75) is 86.0 Å². The number of ketones is 1. The van der Waals surface area contributed by atoms with Crippen molar-refractivity contribution in [1.82, 2.24) is 0 Å². The van der Waals surface area contributed by atoms with Gasteiger partial charge in [-0.1, -0.05) is 88.1 Å². The minimum absolute atomic E-state index is 0.245. The molecule has 0 saturated heterocycles. The van der Waals surface area contributed by atoms with Gasteiger partial charge in [-0.15, -0.1) is 0 Å². The second kappa shape index (κ2) is 12.5. The Balaban J connectivity index is 2.02. The number of hydrogen-bond donors (Lipinski definition) is 0. The molecule has 0 aliphatic heterocycles. The number of carbonyl (C=O) groups excluding carboxylic acids is 1. The van der Waals surface area contributed by atoms with Gasteiger partial charge in [-0.25, -0.2) is 0 Å². The summed E-state index contributed by atoms with van der Waals surface area (Å²) in [5.74, 6) is 1.10. The fraction of sp³-hybridized carbons (Fsp3) is 0.483. The third-order valence-corrected chi connectivity index (χ3v) is 6.25. The summed E-state index contributed by atoms with van der Waals surface area (Å²) >= 11 is 0. The summed E-state index contributed by atoms with van der Waals surface area (Å²) < 4.78 is 0. The Hall–Kier alpha value is -2.15. The van der Waals surface area contributed by atoms with E-state index in [1.807, 2.05) is 19.9 Å². The largest absolute Gasteiger partial charge is 0.295 e. The van der Waals surface area contributed by atoms with Gasteiger partial charge < -0.3 is 0 Å². The van der Waals surface area contributed by atoms with E-state index < -0.39 is 0 Å². The zero-order valence-corrected chi connectivity index (χ0v) is 19.8. The van der Waals surface area contributed by atoms with E-state index in [-0.39, 0.29) is 5.78 Å². The molecule has 162 valence electrons. The van der Waals surface area contributed by atoms with E-state index in [1.54, 1.807) is 0 Å². The molecule has 0 aliphatic rings. The second-order valence-electron chi connectivity index (χ2n) is 8.88. The third-order valence-electron chi connectivity index (χ3n) is 6.25. The number of unbranched alkanes of at least 4 members (excludes halogenated alkanes) is 1. The smallest absolute Gasteiger partial charge is 0.158 e. The van der Waals surface area contributed by atoms with E-state index in [0.717, 1.165) is 24.3 Å². The molecule has 0 heterocycles. The van der Waals surface area contributed by atoms with Crippen molar-refractivity contribution in [2.75, 3.05) is 0 Å². The summed E-state index contributed by atoms with van der Waals surface area (Å²) in [4.78, 5) is 12.1. The number of hydrogen-bond acceptors (Lipinski definition) is 1. The predicted octanol–water partition coefficient (Wildman–Crippen LogP) is 8.28. The summed E-state index contributed by atoms with van der Waals surface area (Å²) in [6.45, 7) is 10.7. The first-order chi connectivity index (χ1) is 14.4. The standard InChI is InChI=1S/C29H40O/c1-6-11-22(3)12-8-9-13-25-14-10-15-27(20-25)28-21-26(17-16-24(28)5)18-19-29(30)23(4)7-2/h7,10,14-17,20-22H,6,8-9,11-13,18-19H2,1-5H3/b23-7+. The molecule has 30 heavy (non-hydrogen) atoms. The summed E-state index contributed by atoms with van der Waals surface area (Å²) in [7, 11) is 0. The van der Waals surface area contributed by atoms with Gasteiger partial charge in [0.25, 0.3) is 0 Å². The molecule has 0 spiro atoms. The Bertz CT molecular complexity index is 843. The Morgan fingerprint density at radius 1 is 1.00 bits per heavy atom. The topological polar surface area (TPSA) is 17.1 Å². The highest BCUT2D eigenvalue weighted by atomic mass is 16.1. The maximum atomic E-state index is 12.1. The molecule has 0 saturated carbocycles. The molecular formula is C29H40O. The van der Waals surface area contributed by atoms with Crippen LogP contribution in [-0.4, -0.2) is 5.78 Å². The lowest BCUT2D eigenvalue weighted by Crippen LogP contribution is -2.01. The first-order valence-corrected chi connectivity index (χ1v) is 11.8. The van der Waals surface area contributed by atoms with E-state index in [4.69, 9.17) is 0 Å². The van der Waals surface area contributed by atoms with Crippen molar-refractivity contribution < 1.29 is 4.79 Å². The van der Waals surface area contributed by atoms with Gasteiger partial charge in [-0.3, -0.25) is 4.79 Å². The van der Waals surface area contributed by atoms with Crippen LogP contribution >= 0.6 is 0 Å². The molecule has 0 radical (unpaired) electrons. The monoisotopic (exact) mass is 404 g/mol. The zero-order valence-electron chi connectivity index (χ0n) is 19.8. The molecule has 2 rings (SSSR count). The van der Waals surface area contributed by atoms with Crippen LogP contribution in [-0.2, 0) is 17.6 Å². The summed E-state index contributed by atoms with van der Waals surface area (Å²) in [6.07, 6.45) is 11.0. The molecule has 0 fully saturated rings. The lowest BCUT2D eigenvalue weighted by molar-refractivity contribution is -0.115. The van der Waals surface area contributed by atoms with Gasteiger partial charge in [0.2, 0.25) is 0 Å². The van der Waals surface area contributed by atoms with Crippen molar-refractivity contribution in [2.24, 2.45) is 5.92 Å². The molecule has 2 aromatic carbocycles. The van der Waals surface area contributed by atoms with Crippen LogP contribution in [0.5, 0.6) is 0 Å². The lowest BCUT2D eigenvalue weighted by Gasteiger charge is -2.12. The Kier molecular flexibility index (Phi) is 10.1. The van der Waals surface area contributed by atoms with Gasteiger partial charge in [-0.2, -0.15) is 0 Å². The first-order valence-electron chi connectivity index (χ1n) is 11.8. The highest BCUT2D eigenvalue weighted by Gasteiger charge is 2.08. The van der Waals surface area contributed by atoms with Crippen LogP contribution in [0.25, 0.3) is 11.1 Å². The molecule has 1 atom stereocenters. The third kappa shape index (κ3) is 7.59. The molecule has 0 amide bonds. The highest BCUT2D eigenvalue weighted by molar-refractivity contribution is 5.94. The maximum absolute atomic E-state index is 12.1. The predicted molar refractivity (Wildman–Crippen MR) is 131 cm³/mol. The Morgan fingerprint density at radius 2 is 1.77 bits per heavy atom. The van der Waals surface area contributed by atoms with Crippen LogP contribution in [0.15, 0.2) is 54.1 Å². The van der Waals surface area contributed by atoms with Gasteiger partial charge in [0.05, 0.1) is 0 Å². The number of carbonyl (C=O) groups is 1. The van der Waals surface area contributed by atoms with Crippen LogP contribution in [0.2, 0.25) is 0 Å². The van der Waals surface area contributed by atoms with Gasteiger partial charge in [0.1, 0.15) is 0 Å². The van der Waals surface area contributed by atoms with Gasteiger partial charge in [-0.05, 0) is 79.3 Å². The number of allylic oxidation sites excluding steroid dienone is 2. The van der Waals surface area contributed by atoms with Crippen molar-refractivity contribution >= 4 is 5.78 Å². The van der Waals surface area contributed by atoms with Crippen molar-refractivity contribution in [3.05, 3.63) is 70.8 Å². The van der Waals surface area contributed by atoms with Crippen LogP contribution in [0.3, 0.4) is 0 Å². The van der Waals surface area contributed by atoms with E-state index in [0.29, 0.717) is 6.42 Å². The van der Waals surface area contributed by atoms with Crippen LogP contribution in [0, 0.1) is 12.8 Å². The van der Waals surface area contributed by atoms with Crippen LogP contribution in [0.4, 0.5) is 0 Å². The lowest BCUT2D eigenvalue weighted by atomic mass is 9.93. The average molecular weight is 405 g/mol. The Morgan fingerprint density at radius 3 is 2.50 bits per heavy atom. The Labute approximate surface area is 184 Å². The molecule has 1 heteroatoms. The van der Waals surface area contributed by atoms with Crippen LogP contribution in [0.1, 0.15) is 82.9 Å². The number of aryl methyl sites for hydroxylation is 3. The van der Waals surface area contributed by atoms with Crippen molar-refractivity contribution in [1.29, 1.82) is 0 Å². The fourth-order valence-corrected chi connectivity index (χ4v) is 4.11. The van der Waals surface area contributed by atoms with Crippen molar-refractivity contribution in [3.63, 3.8) is 0 Å². The average Bonchev–Trinajstić information content (AvgIpc) is 2.75. The molecule has 2 aromatic rings. The summed E-state index contributed by atoms with van der Waals surface area (Å²) in [5, 5.41) is 0. The van der Waals surface area contributed by atoms with Crippen molar-refractivity contribution in [3.8, 4) is 11.1 Å². The number of Topliss-reactive ketones (excluding diaryl/α,β-unsaturated/α-hetero) is 1. The molecule has 0 N–H and O–H groups in total. The molecule has 0 aliphatic carbocycles. The fourth-order valence-electron chi connectivity index (χ4n) is 4.11. The molecule has 0 aromatic heterocycles. The van der Waals surface area contributed by atoms with E-state index >= 15 is 0 Å². The minimum Gasteiger partial charge on any atom is -0.295 e. The van der Waals surface area contributed by atoms with Crippen LogP contribution < -0.4 is 0 Å². The quantitative estimate of drug-likeness (QED) is 0.257. The SMILES string of the molecule is C/C=C(\C)C(=O)CCc1ccc(C)c(-c2cccc(CCCCC(C)CCC)c2)c1. The van der Waals surface area contributed by atoms with E-state index in [9.17, 15) is 4.79 Å². The normalized spacial score (nSPS) is 12.8. The number of benzene rings is 2. The summed E-state index contributed by atoms with van der Waals surface area (Å²) in [5.41, 5.74) is 7.41. The maximum Gasteiger partial charge on any atom is 0.158 e. The van der Waals surface area contributed by atoms with Gasteiger partial charge in [0.15, 0.2) is 5.78 Å². The highest BCUT2D eigenvalue weighted by Crippen LogP contribution is 2.27. The first kappa shape index (κ1) is 24.1. The molecular weight excluding hydrogens is 364 g/mol. The van der Waals surface area contributed by atoms with Gasteiger partial charge in [0, 0.05) is 6.42 Å². The molecule has 1 unspecified atom stereocenters. The zero-order chi connectivity index (χ0) is 21.9. The summed E-state index contributed by atoms with van der Waals surface area (Å²) in [6, 6.07) is 15.7. The molecule has 0 bridgehead atoms. The minimum atomic E-state index is 0.245. The van der Waals surface area contributed by atoms with E-state index in [1.165, 1.54) is 59.9 Å². The van der Waals surface area contributed by atoms with Gasteiger partial charge >= 0.3 is 0 Å².